The molecule has 0 N–H and O–H groups in total. The molecule has 0 radical (unpaired) electrons. The van der Waals surface area contributed by atoms with Gasteiger partial charge >= 0.3 is 11.9 Å². The third-order valence-corrected chi connectivity index (χ3v) is 4.98. The molecule has 0 bridgehead atoms. The number of ether oxygens (including phenoxy) is 3. The van der Waals surface area contributed by atoms with Gasteiger partial charge in [-0.15, -0.1) is 0 Å². The second-order valence-electron chi connectivity index (χ2n) is 7.19. The van der Waals surface area contributed by atoms with Crippen LogP contribution in [0.4, 0.5) is 0 Å². The zero-order valence-corrected chi connectivity index (χ0v) is 18.7. The molecule has 9 heteroatoms. The SMILES string of the molecule is CCOC(=O)/C(C#N)=C/c1ccc(OC(=O)CCCN2C(=O)c3ccccc3C2=O)c(OC)c1. The van der Waals surface area contributed by atoms with Crippen molar-refractivity contribution in [2.45, 2.75) is 19.8 Å². The Morgan fingerprint density at radius 2 is 1.74 bits per heavy atom. The first kappa shape index (κ1) is 24.2. The van der Waals surface area contributed by atoms with Crippen LogP contribution in [-0.2, 0) is 14.3 Å². The van der Waals surface area contributed by atoms with E-state index < -0.39 is 11.9 Å². The van der Waals surface area contributed by atoms with Crippen LogP contribution in [0, 0.1) is 11.3 Å². The maximum absolute atomic E-state index is 12.4. The van der Waals surface area contributed by atoms with Gasteiger partial charge in [-0.2, -0.15) is 5.26 Å². The summed E-state index contributed by atoms with van der Waals surface area (Å²) in [7, 11) is 1.39. The molecule has 0 fully saturated rings. The zero-order chi connectivity index (χ0) is 24.7. The molecule has 9 nitrogen and oxygen atoms in total. The number of nitriles is 1. The van der Waals surface area contributed by atoms with E-state index in [0.717, 1.165) is 4.90 Å². The molecule has 174 valence electrons. The van der Waals surface area contributed by atoms with Crippen molar-refractivity contribution in [1.82, 2.24) is 4.90 Å². The molecule has 1 heterocycles. The summed E-state index contributed by atoms with van der Waals surface area (Å²) in [6.07, 6.45) is 1.55. The largest absolute Gasteiger partial charge is 0.493 e. The number of imide groups is 1. The predicted molar refractivity (Wildman–Crippen MR) is 120 cm³/mol. The molecule has 0 saturated carbocycles. The van der Waals surface area contributed by atoms with Gasteiger partial charge in [0.15, 0.2) is 11.5 Å². The van der Waals surface area contributed by atoms with Crippen molar-refractivity contribution in [1.29, 1.82) is 5.26 Å². The van der Waals surface area contributed by atoms with Gasteiger partial charge in [0.1, 0.15) is 11.6 Å². The Hall–Kier alpha value is -4.45. The number of hydrogen-bond donors (Lipinski definition) is 0. The van der Waals surface area contributed by atoms with Gasteiger partial charge in [0.05, 0.1) is 24.8 Å². The van der Waals surface area contributed by atoms with E-state index in [1.165, 1.54) is 25.3 Å². The van der Waals surface area contributed by atoms with Crippen molar-refractivity contribution in [3.63, 3.8) is 0 Å². The van der Waals surface area contributed by atoms with Gasteiger partial charge in [-0.1, -0.05) is 18.2 Å². The van der Waals surface area contributed by atoms with Crippen LogP contribution in [0.5, 0.6) is 11.5 Å². The maximum Gasteiger partial charge on any atom is 0.348 e. The van der Waals surface area contributed by atoms with Crippen molar-refractivity contribution in [3.05, 3.63) is 64.7 Å². The third kappa shape index (κ3) is 5.30. The average Bonchev–Trinajstić information content (AvgIpc) is 3.08. The predicted octanol–water partition coefficient (Wildman–Crippen LogP) is 3.15. The highest BCUT2D eigenvalue weighted by molar-refractivity contribution is 6.21. The van der Waals surface area contributed by atoms with Crippen LogP contribution in [0.3, 0.4) is 0 Å². The molecule has 2 aromatic rings. The van der Waals surface area contributed by atoms with Crippen LogP contribution < -0.4 is 9.47 Å². The zero-order valence-electron chi connectivity index (χ0n) is 18.7. The van der Waals surface area contributed by atoms with E-state index in [0.29, 0.717) is 16.7 Å². The Morgan fingerprint density at radius 1 is 1.06 bits per heavy atom. The second-order valence-corrected chi connectivity index (χ2v) is 7.19. The first-order valence-electron chi connectivity index (χ1n) is 10.5. The number of benzene rings is 2. The molecule has 0 unspecified atom stereocenters. The maximum atomic E-state index is 12.4. The average molecular weight is 462 g/mol. The highest BCUT2D eigenvalue weighted by Crippen LogP contribution is 2.30. The molecule has 0 saturated heterocycles. The van der Waals surface area contributed by atoms with E-state index >= 15 is 0 Å². The molecule has 34 heavy (non-hydrogen) atoms. The molecular weight excluding hydrogens is 440 g/mol. The number of fused-ring (bicyclic) bond motifs is 1. The number of carbonyl (C=O) groups excluding carboxylic acids is 4. The van der Waals surface area contributed by atoms with Crippen LogP contribution >= 0.6 is 0 Å². The van der Waals surface area contributed by atoms with Gasteiger partial charge < -0.3 is 14.2 Å². The Morgan fingerprint density at radius 3 is 2.32 bits per heavy atom. The summed E-state index contributed by atoms with van der Waals surface area (Å²) in [4.78, 5) is 50.0. The summed E-state index contributed by atoms with van der Waals surface area (Å²) >= 11 is 0. The number of nitrogens with zero attached hydrogens (tertiary/aromatic N) is 2. The van der Waals surface area contributed by atoms with Gasteiger partial charge in [0.25, 0.3) is 11.8 Å². The topological polar surface area (TPSA) is 123 Å². The van der Waals surface area contributed by atoms with Gasteiger partial charge in [-0.25, -0.2) is 4.79 Å². The minimum absolute atomic E-state index is 0.0281. The van der Waals surface area contributed by atoms with E-state index in [2.05, 4.69) is 0 Å². The van der Waals surface area contributed by atoms with Gasteiger partial charge in [-0.05, 0) is 49.2 Å². The number of methoxy groups -OCH3 is 1. The standard InChI is InChI=1S/C25H22N2O7/c1-3-33-25(31)17(15-26)13-16-10-11-20(21(14-16)32-2)34-22(28)9-6-12-27-23(29)18-7-4-5-8-19(18)24(27)30/h4-5,7-8,10-11,13-14H,3,6,9,12H2,1-2H3/b17-13+. The number of carbonyl (C=O) groups is 4. The normalized spacial score (nSPS) is 12.7. The summed E-state index contributed by atoms with van der Waals surface area (Å²) in [5, 5.41) is 9.16. The smallest absolute Gasteiger partial charge is 0.348 e. The van der Waals surface area contributed by atoms with Crippen LogP contribution in [0.15, 0.2) is 48.0 Å². The lowest BCUT2D eigenvalue weighted by Gasteiger charge is -2.14. The van der Waals surface area contributed by atoms with Gasteiger partial charge in [-0.3, -0.25) is 19.3 Å². The lowest BCUT2D eigenvalue weighted by molar-refractivity contribution is -0.138. The molecule has 0 aliphatic carbocycles. The first-order chi connectivity index (χ1) is 16.4. The lowest BCUT2D eigenvalue weighted by atomic mass is 10.1. The molecule has 0 aromatic heterocycles. The summed E-state index contributed by atoms with van der Waals surface area (Å²) in [6.45, 7) is 1.87. The number of hydrogen-bond acceptors (Lipinski definition) is 8. The van der Waals surface area contributed by atoms with Crippen molar-refractivity contribution in [2.24, 2.45) is 0 Å². The van der Waals surface area contributed by atoms with Crippen LogP contribution in [0.2, 0.25) is 0 Å². The third-order valence-electron chi connectivity index (χ3n) is 4.98. The number of esters is 2. The van der Waals surface area contributed by atoms with E-state index in [1.807, 2.05) is 0 Å². The van der Waals surface area contributed by atoms with E-state index in [9.17, 15) is 19.2 Å². The van der Waals surface area contributed by atoms with Gasteiger partial charge in [0, 0.05) is 13.0 Å². The first-order valence-corrected chi connectivity index (χ1v) is 10.5. The quantitative estimate of drug-likeness (QED) is 0.183. The Kier molecular flexibility index (Phi) is 7.77. The van der Waals surface area contributed by atoms with Crippen LogP contribution in [0.1, 0.15) is 46.0 Å². The molecule has 1 aliphatic heterocycles. The Balaban J connectivity index is 1.60. The summed E-state index contributed by atoms with van der Waals surface area (Å²) in [5.41, 5.74) is 1.02. The molecule has 2 amide bonds. The number of amides is 2. The minimum atomic E-state index is -0.738. The second kappa shape index (κ2) is 10.9. The molecule has 3 rings (SSSR count). The van der Waals surface area contributed by atoms with Crippen molar-refractivity contribution >= 4 is 29.8 Å². The molecule has 2 aromatic carbocycles. The number of rotatable bonds is 9. The summed E-state index contributed by atoms with van der Waals surface area (Å²) < 4.78 is 15.4. The van der Waals surface area contributed by atoms with Gasteiger partial charge in [0.2, 0.25) is 0 Å². The fourth-order valence-electron chi connectivity index (χ4n) is 3.37. The summed E-state index contributed by atoms with van der Waals surface area (Å²) in [6, 6.07) is 12.9. The van der Waals surface area contributed by atoms with Crippen molar-refractivity contribution in [2.75, 3.05) is 20.3 Å². The molecule has 0 spiro atoms. The monoisotopic (exact) mass is 462 g/mol. The molecule has 0 atom stereocenters. The Bertz CT molecular complexity index is 1170. The van der Waals surface area contributed by atoms with Crippen molar-refractivity contribution < 1.29 is 33.4 Å². The van der Waals surface area contributed by atoms with Crippen molar-refractivity contribution in [3.8, 4) is 17.6 Å². The van der Waals surface area contributed by atoms with E-state index in [4.69, 9.17) is 19.5 Å². The molecular formula is C25H22N2O7. The lowest BCUT2D eigenvalue weighted by Crippen LogP contribution is -2.31. The minimum Gasteiger partial charge on any atom is -0.493 e. The highest BCUT2D eigenvalue weighted by atomic mass is 16.6. The van der Waals surface area contributed by atoms with E-state index in [-0.39, 0.29) is 54.9 Å². The Labute approximate surface area is 196 Å². The van der Waals surface area contributed by atoms with E-state index in [1.54, 1.807) is 43.3 Å². The van der Waals surface area contributed by atoms with Crippen LogP contribution in [-0.4, -0.2) is 48.9 Å². The molecule has 1 aliphatic rings. The fourth-order valence-corrected chi connectivity index (χ4v) is 3.37. The fraction of sp³-hybridized carbons (Fsp3) is 0.240. The summed E-state index contributed by atoms with van der Waals surface area (Å²) in [5.74, 6) is -1.68. The van der Waals surface area contributed by atoms with Crippen LogP contribution in [0.25, 0.3) is 6.08 Å². The highest BCUT2D eigenvalue weighted by Gasteiger charge is 2.34.